The molecule has 32 heavy (non-hydrogen) atoms. The number of nitrogens with one attached hydrogen (secondary N) is 2. The lowest BCUT2D eigenvalue weighted by Crippen LogP contribution is -2.17. The molecule has 0 aliphatic heterocycles. The molecular formula is C21H16F4N2O3S2. The molecule has 0 atom stereocenters. The summed E-state index contributed by atoms with van der Waals surface area (Å²) in [5.74, 6) is -7.86. The number of aryl methyl sites for hydroxylation is 1. The molecule has 0 bridgehead atoms. The zero-order valence-corrected chi connectivity index (χ0v) is 18.1. The molecule has 0 fully saturated rings. The number of benzene rings is 3. The molecule has 0 saturated heterocycles. The zero-order chi connectivity index (χ0) is 23.5. The van der Waals surface area contributed by atoms with Gasteiger partial charge in [-0.05, 0) is 43.3 Å². The summed E-state index contributed by atoms with van der Waals surface area (Å²) in [6.45, 7) is 1.84. The van der Waals surface area contributed by atoms with Gasteiger partial charge in [-0.15, -0.1) is 11.8 Å². The van der Waals surface area contributed by atoms with Gasteiger partial charge in [-0.3, -0.25) is 9.52 Å². The van der Waals surface area contributed by atoms with Gasteiger partial charge in [0.2, 0.25) is 5.91 Å². The Bertz CT molecular complexity index is 1220. The Morgan fingerprint density at radius 1 is 0.906 bits per heavy atom. The molecule has 0 unspecified atom stereocenters. The van der Waals surface area contributed by atoms with Crippen LogP contribution < -0.4 is 10.0 Å². The Hall–Kier alpha value is -3.05. The van der Waals surface area contributed by atoms with Crippen LogP contribution in [0.4, 0.5) is 28.9 Å². The Kier molecular flexibility index (Phi) is 7.09. The maximum Gasteiger partial charge on any atom is 0.261 e. The van der Waals surface area contributed by atoms with Gasteiger partial charge in [0.1, 0.15) is 5.69 Å². The highest BCUT2D eigenvalue weighted by molar-refractivity contribution is 8.00. The van der Waals surface area contributed by atoms with Crippen LogP contribution in [0.5, 0.6) is 0 Å². The van der Waals surface area contributed by atoms with E-state index in [0.717, 1.165) is 17.3 Å². The monoisotopic (exact) mass is 484 g/mol. The number of halogens is 4. The molecule has 0 saturated carbocycles. The molecule has 5 nitrogen and oxygen atoms in total. The van der Waals surface area contributed by atoms with E-state index in [9.17, 15) is 30.8 Å². The first-order chi connectivity index (χ1) is 15.1. The van der Waals surface area contributed by atoms with Crippen molar-refractivity contribution in [1.29, 1.82) is 0 Å². The summed E-state index contributed by atoms with van der Waals surface area (Å²) >= 11 is 0.971. The van der Waals surface area contributed by atoms with Gasteiger partial charge >= 0.3 is 0 Å². The van der Waals surface area contributed by atoms with E-state index in [2.05, 4.69) is 4.72 Å². The van der Waals surface area contributed by atoms with E-state index in [4.69, 9.17) is 0 Å². The van der Waals surface area contributed by atoms with Crippen molar-refractivity contribution in [3.05, 3.63) is 83.4 Å². The third kappa shape index (κ3) is 5.60. The Morgan fingerprint density at radius 3 is 2.03 bits per heavy atom. The average molecular weight is 484 g/mol. The quantitative estimate of drug-likeness (QED) is 0.279. The number of carbonyl (C=O) groups excluding carboxylic acids is 1. The summed E-state index contributed by atoms with van der Waals surface area (Å²) < 4.78 is 80.9. The van der Waals surface area contributed by atoms with Gasteiger partial charge in [0.15, 0.2) is 23.3 Å². The predicted octanol–water partition coefficient (Wildman–Crippen LogP) is 5.08. The van der Waals surface area contributed by atoms with Gasteiger partial charge in [0.05, 0.1) is 10.6 Å². The molecule has 0 heterocycles. The van der Waals surface area contributed by atoms with Crippen molar-refractivity contribution >= 4 is 39.1 Å². The van der Waals surface area contributed by atoms with Crippen molar-refractivity contribution in [3.63, 3.8) is 0 Å². The molecule has 3 aromatic rings. The van der Waals surface area contributed by atoms with Crippen molar-refractivity contribution in [3.8, 4) is 0 Å². The number of anilines is 2. The van der Waals surface area contributed by atoms with Crippen LogP contribution in [-0.2, 0) is 14.8 Å². The Balaban J connectivity index is 1.61. The lowest BCUT2D eigenvalue weighted by molar-refractivity contribution is -0.113. The Labute approximate surface area is 185 Å². The minimum Gasteiger partial charge on any atom is -0.320 e. The van der Waals surface area contributed by atoms with Crippen molar-refractivity contribution < 1.29 is 30.8 Å². The van der Waals surface area contributed by atoms with E-state index in [0.29, 0.717) is 10.6 Å². The highest BCUT2D eigenvalue weighted by Gasteiger charge is 2.21. The second-order valence-electron chi connectivity index (χ2n) is 6.62. The van der Waals surface area contributed by atoms with Crippen LogP contribution in [-0.4, -0.2) is 20.1 Å². The van der Waals surface area contributed by atoms with Gasteiger partial charge in [0.25, 0.3) is 10.0 Å². The summed E-state index contributed by atoms with van der Waals surface area (Å²) in [6.07, 6.45) is 0. The van der Waals surface area contributed by atoms with E-state index in [1.165, 1.54) is 36.4 Å². The highest BCUT2D eigenvalue weighted by atomic mass is 32.2. The lowest BCUT2D eigenvalue weighted by Gasteiger charge is -2.10. The number of thioether (sulfide) groups is 1. The van der Waals surface area contributed by atoms with E-state index in [1.807, 2.05) is 12.2 Å². The van der Waals surface area contributed by atoms with E-state index in [1.54, 1.807) is 12.1 Å². The third-order valence-electron chi connectivity index (χ3n) is 4.18. The molecule has 3 rings (SSSR count). The second kappa shape index (κ2) is 9.61. The summed E-state index contributed by atoms with van der Waals surface area (Å²) in [4.78, 5) is 12.6. The van der Waals surface area contributed by atoms with Gasteiger partial charge < -0.3 is 5.32 Å². The predicted molar refractivity (Wildman–Crippen MR) is 114 cm³/mol. The summed E-state index contributed by atoms with van der Waals surface area (Å²) in [7, 11) is -3.77. The highest BCUT2D eigenvalue weighted by Crippen LogP contribution is 2.26. The normalized spacial score (nSPS) is 11.3. The fourth-order valence-corrected chi connectivity index (χ4v) is 4.32. The van der Waals surface area contributed by atoms with Crippen molar-refractivity contribution in [1.82, 2.24) is 0 Å². The maximum absolute atomic E-state index is 13.6. The van der Waals surface area contributed by atoms with Gasteiger partial charge in [-0.25, -0.2) is 26.0 Å². The molecule has 0 aliphatic carbocycles. The number of amides is 1. The maximum atomic E-state index is 13.6. The summed E-state index contributed by atoms with van der Waals surface area (Å²) in [5, 5.41) is 1.81. The molecule has 0 radical (unpaired) electrons. The van der Waals surface area contributed by atoms with Crippen LogP contribution in [0.2, 0.25) is 0 Å². The van der Waals surface area contributed by atoms with Crippen LogP contribution in [0.1, 0.15) is 5.56 Å². The molecule has 168 valence electrons. The van der Waals surface area contributed by atoms with Crippen LogP contribution in [0.25, 0.3) is 0 Å². The number of hydrogen-bond acceptors (Lipinski definition) is 4. The van der Waals surface area contributed by atoms with Crippen LogP contribution in [0, 0.1) is 30.2 Å². The van der Waals surface area contributed by atoms with Crippen molar-refractivity contribution in [2.45, 2.75) is 16.7 Å². The Morgan fingerprint density at radius 2 is 1.47 bits per heavy atom. The largest absolute Gasteiger partial charge is 0.320 e. The van der Waals surface area contributed by atoms with Gasteiger partial charge in [0, 0.05) is 16.6 Å². The van der Waals surface area contributed by atoms with Crippen LogP contribution in [0.3, 0.4) is 0 Å². The van der Waals surface area contributed by atoms with E-state index < -0.39 is 44.9 Å². The first-order valence-electron chi connectivity index (χ1n) is 9.02. The van der Waals surface area contributed by atoms with Gasteiger partial charge in [-0.2, -0.15) is 0 Å². The molecule has 11 heteroatoms. The molecule has 0 spiro atoms. The van der Waals surface area contributed by atoms with Crippen LogP contribution >= 0.6 is 11.8 Å². The fourth-order valence-electron chi connectivity index (χ4n) is 2.56. The number of sulfonamides is 1. The smallest absolute Gasteiger partial charge is 0.261 e. The molecule has 3 aromatic carbocycles. The molecule has 0 aliphatic rings. The summed E-state index contributed by atoms with van der Waals surface area (Å²) in [6, 6.07) is 12.4. The summed E-state index contributed by atoms with van der Waals surface area (Å²) in [5.41, 5.74) is 0.00934. The number of hydrogen-bond donors (Lipinski definition) is 2. The molecule has 1 amide bonds. The average Bonchev–Trinajstić information content (AvgIpc) is 2.75. The minimum atomic E-state index is -3.77. The number of carbonyl (C=O) groups is 1. The minimum absolute atomic E-state index is 0.0453. The van der Waals surface area contributed by atoms with E-state index >= 15 is 0 Å². The van der Waals surface area contributed by atoms with Gasteiger partial charge in [-0.1, -0.05) is 17.7 Å². The number of rotatable bonds is 7. The SMILES string of the molecule is Cc1ccc(S(=O)(=O)Nc2ccc(SCC(=O)Nc3c(F)c(F)cc(F)c3F)cc2)cc1. The topological polar surface area (TPSA) is 75.3 Å². The third-order valence-corrected chi connectivity index (χ3v) is 6.59. The first-order valence-corrected chi connectivity index (χ1v) is 11.5. The zero-order valence-electron chi connectivity index (χ0n) is 16.5. The second-order valence-corrected chi connectivity index (χ2v) is 9.35. The lowest BCUT2D eigenvalue weighted by atomic mass is 10.2. The van der Waals surface area contributed by atoms with Crippen molar-refractivity contribution in [2.75, 3.05) is 15.8 Å². The standard InChI is InChI=1S/C21H16F4N2O3S2/c1-12-2-8-15(9-3-12)32(29,30)27-13-4-6-14(7-5-13)31-11-18(28)26-21-19(24)16(22)10-17(23)20(21)25/h2-10,27H,11H2,1H3,(H,26,28). The molecule has 2 N–H and O–H groups in total. The fraction of sp³-hybridized carbons (Fsp3) is 0.0952. The van der Waals surface area contributed by atoms with Crippen LogP contribution in [0.15, 0.2) is 64.4 Å². The molecular weight excluding hydrogens is 468 g/mol. The van der Waals surface area contributed by atoms with E-state index in [-0.39, 0.29) is 16.7 Å². The molecule has 0 aromatic heterocycles. The van der Waals surface area contributed by atoms with Crippen molar-refractivity contribution in [2.24, 2.45) is 0 Å². The first kappa shape index (κ1) is 23.6.